The Kier molecular flexibility index (Phi) is 3.48. The van der Waals surface area contributed by atoms with Crippen molar-refractivity contribution < 1.29 is 9.84 Å². The number of nitrogens with zero attached hydrogens (tertiary/aromatic N) is 2. The van der Waals surface area contributed by atoms with E-state index in [9.17, 15) is 0 Å². The summed E-state index contributed by atoms with van der Waals surface area (Å²) in [5.41, 5.74) is 0.517. The monoisotopic (exact) mass is 280 g/mol. The normalized spacial score (nSPS) is 10.1. The third-order valence-electron chi connectivity index (χ3n) is 1.89. The first-order valence-electron chi connectivity index (χ1n) is 4.65. The number of benzene rings is 1. The Hall–Kier alpha value is -1.46. The highest BCUT2D eigenvalue weighted by molar-refractivity contribution is 9.10. The molecule has 0 spiro atoms. The molecule has 1 aromatic heterocycles. The summed E-state index contributed by atoms with van der Waals surface area (Å²) in [5.74, 6) is 1.09. The second-order valence-electron chi connectivity index (χ2n) is 3.08. The summed E-state index contributed by atoms with van der Waals surface area (Å²) in [6.07, 6.45) is 0. The first-order chi connectivity index (χ1) is 7.78. The van der Waals surface area contributed by atoms with Crippen molar-refractivity contribution in [2.24, 2.45) is 0 Å². The Bertz CT molecular complexity index is 456. The van der Waals surface area contributed by atoms with Crippen molar-refractivity contribution in [2.45, 2.75) is 6.61 Å². The molecular formula is C11H9BrN2O2. The maximum absolute atomic E-state index is 8.80. The number of hydrogen-bond acceptors (Lipinski definition) is 4. The number of halogens is 1. The molecule has 0 aliphatic heterocycles. The highest BCUT2D eigenvalue weighted by Gasteiger charge is 1.99. The zero-order chi connectivity index (χ0) is 11.4. The number of rotatable bonds is 3. The van der Waals surface area contributed by atoms with Crippen LogP contribution in [0.1, 0.15) is 5.69 Å². The maximum atomic E-state index is 8.80. The quantitative estimate of drug-likeness (QED) is 0.939. The highest BCUT2D eigenvalue weighted by atomic mass is 79.9. The summed E-state index contributed by atoms with van der Waals surface area (Å²) >= 11 is 3.34. The molecule has 1 aromatic carbocycles. The average Bonchev–Trinajstić information content (AvgIpc) is 2.33. The average molecular weight is 281 g/mol. The molecule has 0 aliphatic carbocycles. The zero-order valence-corrected chi connectivity index (χ0v) is 9.89. The van der Waals surface area contributed by atoms with Gasteiger partial charge in [-0.1, -0.05) is 15.9 Å². The van der Waals surface area contributed by atoms with E-state index in [0.717, 1.165) is 4.47 Å². The molecule has 0 amide bonds. The molecule has 0 aliphatic rings. The van der Waals surface area contributed by atoms with Crippen molar-refractivity contribution in [3.63, 3.8) is 0 Å². The molecule has 4 nitrogen and oxygen atoms in total. The number of aliphatic hydroxyl groups excluding tert-OH is 1. The molecule has 16 heavy (non-hydrogen) atoms. The smallest absolute Gasteiger partial charge is 0.238 e. The van der Waals surface area contributed by atoms with Crippen molar-refractivity contribution in [2.75, 3.05) is 0 Å². The zero-order valence-electron chi connectivity index (χ0n) is 8.30. The molecule has 0 saturated carbocycles. The van der Waals surface area contributed by atoms with Crippen LogP contribution in [0.4, 0.5) is 0 Å². The molecule has 5 heteroatoms. The molecule has 82 valence electrons. The number of ether oxygens (including phenoxy) is 1. The summed E-state index contributed by atoms with van der Waals surface area (Å²) in [5, 5.41) is 16.4. The summed E-state index contributed by atoms with van der Waals surface area (Å²) in [7, 11) is 0. The second kappa shape index (κ2) is 5.05. The first kappa shape index (κ1) is 11.0. The van der Waals surface area contributed by atoms with Crippen LogP contribution in [-0.4, -0.2) is 15.3 Å². The lowest BCUT2D eigenvalue weighted by molar-refractivity contribution is 0.274. The molecule has 2 rings (SSSR count). The van der Waals surface area contributed by atoms with Gasteiger partial charge in [-0.15, -0.1) is 10.2 Å². The van der Waals surface area contributed by atoms with Gasteiger partial charge in [-0.2, -0.15) is 0 Å². The Balaban J connectivity index is 2.11. The van der Waals surface area contributed by atoms with E-state index in [1.807, 2.05) is 24.3 Å². The Morgan fingerprint density at radius 3 is 2.38 bits per heavy atom. The largest absolute Gasteiger partial charge is 0.438 e. The molecule has 1 heterocycles. The molecular weight excluding hydrogens is 272 g/mol. The summed E-state index contributed by atoms with van der Waals surface area (Å²) in [6.45, 7) is -0.119. The van der Waals surface area contributed by atoms with E-state index >= 15 is 0 Å². The minimum absolute atomic E-state index is 0.119. The van der Waals surface area contributed by atoms with Gasteiger partial charge in [0.2, 0.25) is 5.88 Å². The van der Waals surface area contributed by atoms with E-state index < -0.39 is 0 Å². The van der Waals surface area contributed by atoms with Gasteiger partial charge in [0.25, 0.3) is 0 Å². The lowest BCUT2D eigenvalue weighted by Crippen LogP contribution is -1.94. The van der Waals surface area contributed by atoms with Gasteiger partial charge in [-0.05, 0) is 30.3 Å². The van der Waals surface area contributed by atoms with Crippen molar-refractivity contribution in [1.82, 2.24) is 10.2 Å². The Labute approximate surface area is 101 Å². The van der Waals surface area contributed by atoms with E-state index in [1.165, 1.54) is 0 Å². The Morgan fingerprint density at radius 2 is 1.81 bits per heavy atom. The molecule has 0 atom stereocenters. The lowest BCUT2D eigenvalue weighted by Gasteiger charge is -2.03. The van der Waals surface area contributed by atoms with E-state index in [-0.39, 0.29) is 6.61 Å². The fourth-order valence-corrected chi connectivity index (χ4v) is 1.37. The standard InChI is InChI=1S/C11H9BrN2O2/c12-8-1-4-10(5-2-8)16-11-6-3-9(7-15)13-14-11/h1-6,15H,7H2. The fraction of sp³-hybridized carbons (Fsp3) is 0.0909. The molecule has 0 saturated heterocycles. The van der Waals surface area contributed by atoms with Crippen molar-refractivity contribution in [1.29, 1.82) is 0 Å². The van der Waals surface area contributed by atoms with Crippen LogP contribution in [0.3, 0.4) is 0 Å². The second-order valence-corrected chi connectivity index (χ2v) is 3.99. The van der Waals surface area contributed by atoms with Crippen LogP contribution in [0.2, 0.25) is 0 Å². The van der Waals surface area contributed by atoms with Crippen LogP contribution in [0.25, 0.3) is 0 Å². The van der Waals surface area contributed by atoms with Crippen LogP contribution in [0.15, 0.2) is 40.9 Å². The van der Waals surface area contributed by atoms with E-state index in [1.54, 1.807) is 12.1 Å². The molecule has 1 N–H and O–H groups in total. The van der Waals surface area contributed by atoms with Crippen molar-refractivity contribution in [3.8, 4) is 11.6 Å². The van der Waals surface area contributed by atoms with E-state index in [0.29, 0.717) is 17.3 Å². The van der Waals surface area contributed by atoms with Gasteiger partial charge in [0.15, 0.2) is 0 Å². The third-order valence-corrected chi connectivity index (χ3v) is 2.42. The minimum Gasteiger partial charge on any atom is -0.438 e. The van der Waals surface area contributed by atoms with Crippen molar-refractivity contribution in [3.05, 3.63) is 46.6 Å². The van der Waals surface area contributed by atoms with Gasteiger partial charge in [0, 0.05) is 10.5 Å². The lowest BCUT2D eigenvalue weighted by atomic mass is 10.3. The van der Waals surface area contributed by atoms with Gasteiger partial charge in [0.1, 0.15) is 5.75 Å². The van der Waals surface area contributed by atoms with E-state index in [2.05, 4.69) is 26.1 Å². The fourth-order valence-electron chi connectivity index (χ4n) is 1.11. The van der Waals surface area contributed by atoms with Gasteiger partial charge in [0.05, 0.1) is 12.3 Å². The molecule has 0 bridgehead atoms. The SMILES string of the molecule is OCc1ccc(Oc2ccc(Br)cc2)nn1. The predicted molar refractivity (Wildman–Crippen MR) is 62.2 cm³/mol. The molecule has 2 aromatic rings. The van der Waals surface area contributed by atoms with Crippen LogP contribution < -0.4 is 4.74 Å². The van der Waals surface area contributed by atoms with Crippen LogP contribution in [0.5, 0.6) is 11.6 Å². The van der Waals surface area contributed by atoms with Gasteiger partial charge in [-0.25, -0.2) is 0 Å². The van der Waals surface area contributed by atoms with Gasteiger partial charge in [-0.3, -0.25) is 0 Å². The molecule has 0 unspecified atom stereocenters. The van der Waals surface area contributed by atoms with Gasteiger partial charge >= 0.3 is 0 Å². The topological polar surface area (TPSA) is 55.2 Å². The van der Waals surface area contributed by atoms with Crippen LogP contribution in [-0.2, 0) is 6.61 Å². The molecule has 0 radical (unpaired) electrons. The van der Waals surface area contributed by atoms with Crippen LogP contribution >= 0.6 is 15.9 Å². The van der Waals surface area contributed by atoms with E-state index in [4.69, 9.17) is 9.84 Å². The number of hydrogen-bond donors (Lipinski definition) is 1. The molecule has 0 fully saturated rings. The summed E-state index contributed by atoms with van der Waals surface area (Å²) < 4.78 is 6.44. The van der Waals surface area contributed by atoms with Gasteiger partial charge < -0.3 is 9.84 Å². The predicted octanol–water partition coefficient (Wildman–Crippen LogP) is 2.52. The minimum atomic E-state index is -0.119. The number of aliphatic hydroxyl groups is 1. The maximum Gasteiger partial charge on any atom is 0.238 e. The number of aromatic nitrogens is 2. The highest BCUT2D eigenvalue weighted by Crippen LogP contribution is 2.21. The third kappa shape index (κ3) is 2.77. The summed E-state index contributed by atoms with van der Waals surface area (Å²) in [6, 6.07) is 10.7. The Morgan fingerprint density at radius 1 is 1.06 bits per heavy atom. The first-order valence-corrected chi connectivity index (χ1v) is 5.44. The summed E-state index contributed by atoms with van der Waals surface area (Å²) in [4.78, 5) is 0. The van der Waals surface area contributed by atoms with Crippen molar-refractivity contribution >= 4 is 15.9 Å². The van der Waals surface area contributed by atoms with Crippen LogP contribution in [0, 0.1) is 0 Å².